The average Bonchev–Trinajstić information content (AvgIpc) is 3.42. The molecule has 0 bridgehead atoms. The number of esters is 1. The number of amides is 2. The lowest BCUT2D eigenvalue weighted by atomic mass is 9.85. The van der Waals surface area contributed by atoms with Crippen molar-refractivity contribution in [3.05, 3.63) is 53.9 Å². The molecule has 1 aliphatic heterocycles. The standard InChI is InChI=1S/C36H45N5O7/c1-36(2,3)48-35(44)40-18-16-29(17-19-40)47-28-13-11-27(12-14-28)46-23-32-38-30-20-24(21-37)6-15-31(30)41(32)22-33(42)39(4)26-9-7-25(8-10-26)34(43)45-5/h6,11-15,20,25-26,29H,7-10,16-19,22-23H2,1-5H3. The molecule has 0 radical (unpaired) electrons. The average molecular weight is 660 g/mol. The molecule has 12 nitrogen and oxygen atoms in total. The van der Waals surface area contributed by atoms with E-state index >= 15 is 0 Å². The number of methoxy groups -OCH3 is 1. The van der Waals surface area contributed by atoms with Crippen LogP contribution in [0, 0.1) is 17.2 Å². The molecule has 256 valence electrons. The van der Waals surface area contributed by atoms with Crippen molar-refractivity contribution in [2.45, 2.75) is 90.2 Å². The second-order valence-electron chi connectivity index (χ2n) is 13.5. The number of ether oxygens (including phenoxy) is 4. The summed E-state index contributed by atoms with van der Waals surface area (Å²) in [5.41, 5.74) is 1.31. The number of rotatable bonds is 9. The van der Waals surface area contributed by atoms with E-state index < -0.39 is 5.60 Å². The monoisotopic (exact) mass is 659 g/mol. The molecule has 2 amide bonds. The number of hydrogen-bond donors (Lipinski definition) is 0. The number of piperidine rings is 1. The molecule has 1 saturated carbocycles. The van der Waals surface area contributed by atoms with Crippen LogP contribution < -0.4 is 9.47 Å². The van der Waals surface area contributed by atoms with Crippen molar-refractivity contribution in [1.82, 2.24) is 19.4 Å². The molecule has 0 N–H and O–H groups in total. The lowest BCUT2D eigenvalue weighted by Crippen LogP contribution is -2.44. The van der Waals surface area contributed by atoms with Gasteiger partial charge in [-0.1, -0.05) is 0 Å². The van der Waals surface area contributed by atoms with E-state index in [0.29, 0.717) is 67.2 Å². The van der Waals surface area contributed by atoms with Gasteiger partial charge in [-0.15, -0.1) is 0 Å². The van der Waals surface area contributed by atoms with Crippen LogP contribution >= 0.6 is 0 Å². The van der Waals surface area contributed by atoms with Gasteiger partial charge in [-0.05, 0) is 88.9 Å². The van der Waals surface area contributed by atoms with E-state index in [4.69, 9.17) is 23.9 Å². The quantitative estimate of drug-likeness (QED) is 0.275. The molecular formula is C36H45N5O7. The molecule has 5 rings (SSSR count). The Bertz CT molecular complexity index is 1640. The molecule has 48 heavy (non-hydrogen) atoms. The van der Waals surface area contributed by atoms with E-state index in [0.717, 1.165) is 18.4 Å². The predicted molar refractivity (Wildman–Crippen MR) is 177 cm³/mol. The van der Waals surface area contributed by atoms with Crippen LogP contribution in [0.4, 0.5) is 4.79 Å². The number of fused-ring (bicyclic) bond motifs is 1. The fraction of sp³-hybridized carbons (Fsp3) is 0.528. The molecule has 2 fully saturated rings. The third-order valence-electron chi connectivity index (χ3n) is 9.01. The summed E-state index contributed by atoms with van der Waals surface area (Å²) in [6.07, 6.45) is 3.97. The van der Waals surface area contributed by atoms with Crippen molar-refractivity contribution in [3.8, 4) is 17.6 Å². The zero-order valence-corrected chi connectivity index (χ0v) is 28.4. The highest BCUT2D eigenvalue weighted by atomic mass is 16.6. The van der Waals surface area contributed by atoms with Crippen LogP contribution in [-0.4, -0.2) is 82.3 Å². The lowest BCUT2D eigenvalue weighted by Gasteiger charge is -2.34. The van der Waals surface area contributed by atoms with Gasteiger partial charge in [-0.3, -0.25) is 9.59 Å². The second-order valence-corrected chi connectivity index (χ2v) is 13.5. The summed E-state index contributed by atoms with van der Waals surface area (Å²) in [4.78, 5) is 46.1. The number of likely N-dealkylation sites (tertiary alicyclic amines) is 1. The first-order valence-corrected chi connectivity index (χ1v) is 16.5. The van der Waals surface area contributed by atoms with E-state index in [1.54, 1.807) is 21.9 Å². The van der Waals surface area contributed by atoms with Gasteiger partial charge in [0.25, 0.3) is 0 Å². The highest BCUT2D eigenvalue weighted by Gasteiger charge is 2.31. The fourth-order valence-corrected chi connectivity index (χ4v) is 6.29. The van der Waals surface area contributed by atoms with Crippen molar-refractivity contribution >= 4 is 29.0 Å². The van der Waals surface area contributed by atoms with E-state index in [9.17, 15) is 19.6 Å². The first-order valence-electron chi connectivity index (χ1n) is 16.5. The smallest absolute Gasteiger partial charge is 0.410 e. The third-order valence-corrected chi connectivity index (χ3v) is 9.01. The van der Waals surface area contributed by atoms with Gasteiger partial charge in [0.1, 0.15) is 42.2 Å². The summed E-state index contributed by atoms with van der Waals surface area (Å²) in [5, 5.41) is 9.42. The molecule has 0 spiro atoms. The second kappa shape index (κ2) is 15.0. The Morgan fingerprint density at radius 3 is 2.27 bits per heavy atom. The molecule has 0 unspecified atom stereocenters. The Hall–Kier alpha value is -4.79. The Morgan fingerprint density at radius 1 is 0.979 bits per heavy atom. The minimum Gasteiger partial charge on any atom is -0.490 e. The van der Waals surface area contributed by atoms with Crippen LogP contribution in [0.15, 0.2) is 42.5 Å². The molecule has 1 saturated heterocycles. The summed E-state index contributed by atoms with van der Waals surface area (Å²) in [7, 11) is 3.22. The van der Waals surface area contributed by atoms with Crippen LogP contribution in [0.2, 0.25) is 0 Å². The minimum absolute atomic E-state index is 0.00721. The zero-order chi connectivity index (χ0) is 34.4. The van der Waals surface area contributed by atoms with E-state index in [1.807, 2.05) is 62.7 Å². The van der Waals surface area contributed by atoms with Crippen LogP contribution in [0.1, 0.15) is 70.7 Å². The molecule has 3 aromatic rings. The molecule has 2 aromatic carbocycles. The van der Waals surface area contributed by atoms with Gasteiger partial charge in [0.05, 0.1) is 35.7 Å². The van der Waals surface area contributed by atoms with Gasteiger partial charge in [0, 0.05) is 39.0 Å². The summed E-state index contributed by atoms with van der Waals surface area (Å²) < 4.78 is 24.5. The summed E-state index contributed by atoms with van der Waals surface area (Å²) >= 11 is 0. The highest BCUT2D eigenvalue weighted by Crippen LogP contribution is 2.29. The fourth-order valence-electron chi connectivity index (χ4n) is 6.29. The van der Waals surface area contributed by atoms with Crippen molar-refractivity contribution in [2.75, 3.05) is 27.2 Å². The number of aromatic nitrogens is 2. The number of carbonyl (C=O) groups is 3. The lowest BCUT2D eigenvalue weighted by molar-refractivity contribution is -0.147. The molecule has 0 atom stereocenters. The van der Waals surface area contributed by atoms with Crippen LogP contribution in [-0.2, 0) is 32.2 Å². The predicted octanol–water partition coefficient (Wildman–Crippen LogP) is 5.46. The van der Waals surface area contributed by atoms with E-state index in [1.165, 1.54) is 7.11 Å². The van der Waals surface area contributed by atoms with E-state index in [2.05, 4.69) is 6.07 Å². The summed E-state index contributed by atoms with van der Waals surface area (Å²) in [6, 6.07) is 14.8. The first-order chi connectivity index (χ1) is 22.9. The maximum Gasteiger partial charge on any atom is 0.410 e. The Morgan fingerprint density at radius 2 is 1.65 bits per heavy atom. The number of carbonyl (C=O) groups excluding carboxylic acids is 3. The van der Waals surface area contributed by atoms with Crippen molar-refractivity contribution in [3.63, 3.8) is 0 Å². The number of nitrogens with zero attached hydrogens (tertiary/aromatic N) is 5. The Kier molecular flexibility index (Phi) is 10.8. The number of likely N-dealkylation sites (N-methyl/N-ethyl adjacent to an activating group) is 1. The molecular weight excluding hydrogens is 614 g/mol. The number of nitriles is 1. The maximum absolute atomic E-state index is 13.5. The highest BCUT2D eigenvalue weighted by molar-refractivity contribution is 5.82. The van der Waals surface area contributed by atoms with Gasteiger partial charge in [-0.25, -0.2) is 9.78 Å². The topological polar surface area (TPSA) is 136 Å². The molecule has 12 heteroatoms. The van der Waals surface area contributed by atoms with Gasteiger partial charge in [0.15, 0.2) is 0 Å². The minimum atomic E-state index is -0.524. The van der Waals surface area contributed by atoms with Gasteiger partial charge < -0.3 is 33.3 Å². The van der Waals surface area contributed by atoms with Gasteiger partial charge >= 0.3 is 12.1 Å². The van der Waals surface area contributed by atoms with Crippen molar-refractivity contribution in [2.24, 2.45) is 5.92 Å². The van der Waals surface area contributed by atoms with Gasteiger partial charge in [-0.2, -0.15) is 5.26 Å². The van der Waals surface area contributed by atoms with Crippen molar-refractivity contribution in [1.29, 1.82) is 5.26 Å². The largest absolute Gasteiger partial charge is 0.490 e. The normalized spacial score (nSPS) is 18.5. The van der Waals surface area contributed by atoms with Crippen LogP contribution in [0.25, 0.3) is 11.0 Å². The molecule has 2 aliphatic rings. The number of benzene rings is 2. The molecule has 2 heterocycles. The number of hydrogen-bond acceptors (Lipinski definition) is 9. The van der Waals surface area contributed by atoms with E-state index in [-0.39, 0.29) is 49.2 Å². The Labute approximate surface area is 281 Å². The Balaban J connectivity index is 1.19. The van der Waals surface area contributed by atoms with Crippen LogP contribution in [0.3, 0.4) is 0 Å². The zero-order valence-electron chi connectivity index (χ0n) is 28.4. The first kappa shape index (κ1) is 34.5. The summed E-state index contributed by atoms with van der Waals surface area (Å²) in [5.74, 6) is 1.52. The summed E-state index contributed by atoms with van der Waals surface area (Å²) in [6.45, 7) is 6.91. The van der Waals surface area contributed by atoms with Gasteiger partial charge in [0.2, 0.25) is 5.91 Å². The maximum atomic E-state index is 13.5. The molecule has 1 aliphatic carbocycles. The number of imidazole rings is 1. The third kappa shape index (κ3) is 8.56. The van der Waals surface area contributed by atoms with Crippen LogP contribution in [0.5, 0.6) is 11.5 Å². The SMILES string of the molecule is COC(=O)C1CCC(N(C)C(=O)Cn2c(COc3ccc(OC4CCN(C(=O)OC(C)(C)C)CC4)cc3)nc3cc(C#N)ccc32)CC1. The molecule has 1 aromatic heterocycles. The van der Waals surface area contributed by atoms with Crippen molar-refractivity contribution < 1.29 is 33.3 Å².